The maximum absolute atomic E-state index is 11.0. The molecule has 0 saturated heterocycles. The highest BCUT2D eigenvalue weighted by Gasteiger charge is 2.06. The van der Waals surface area contributed by atoms with Gasteiger partial charge in [0.25, 0.3) is 0 Å². The van der Waals surface area contributed by atoms with Crippen LogP contribution in [0.2, 0.25) is 0 Å². The predicted molar refractivity (Wildman–Crippen MR) is 59.2 cm³/mol. The van der Waals surface area contributed by atoms with Crippen molar-refractivity contribution in [2.24, 2.45) is 0 Å². The Morgan fingerprint density at radius 2 is 1.27 bits per heavy atom. The molecule has 3 nitrogen and oxygen atoms in total. The Labute approximate surface area is 90.8 Å². The van der Waals surface area contributed by atoms with Gasteiger partial charge in [0.1, 0.15) is 0 Å². The van der Waals surface area contributed by atoms with Gasteiger partial charge in [-0.15, -0.1) is 0 Å². The standard InChI is InChI=1S/C12H18O3/c1-3-5-7-9-11(13)15-12(14)10-8-6-4-2/h5-8H,3-4,9-10H2,1-2H3/b7-5+,8-6+. The molecule has 3 heteroatoms. The van der Waals surface area contributed by atoms with Crippen molar-refractivity contribution < 1.29 is 14.3 Å². The van der Waals surface area contributed by atoms with Gasteiger partial charge in [-0.1, -0.05) is 38.2 Å². The van der Waals surface area contributed by atoms with Crippen molar-refractivity contribution >= 4 is 11.9 Å². The Balaban J connectivity index is 3.71. The molecule has 84 valence electrons. The lowest BCUT2D eigenvalue weighted by atomic mass is 10.3. The van der Waals surface area contributed by atoms with Crippen molar-refractivity contribution in [2.75, 3.05) is 0 Å². The second-order valence-corrected chi connectivity index (χ2v) is 3.01. The van der Waals surface area contributed by atoms with Gasteiger partial charge in [0.05, 0.1) is 12.8 Å². The smallest absolute Gasteiger partial charge is 0.317 e. The summed E-state index contributed by atoms with van der Waals surface area (Å²) in [6.45, 7) is 3.95. The molecule has 0 aromatic carbocycles. The van der Waals surface area contributed by atoms with E-state index < -0.39 is 11.9 Å². The quantitative estimate of drug-likeness (QED) is 0.384. The van der Waals surface area contributed by atoms with E-state index in [1.165, 1.54) is 0 Å². The van der Waals surface area contributed by atoms with E-state index in [4.69, 9.17) is 0 Å². The van der Waals surface area contributed by atoms with E-state index in [-0.39, 0.29) is 12.8 Å². The van der Waals surface area contributed by atoms with E-state index in [0.717, 1.165) is 12.8 Å². The molecular weight excluding hydrogens is 192 g/mol. The van der Waals surface area contributed by atoms with Crippen molar-refractivity contribution in [3.05, 3.63) is 24.3 Å². The number of carbonyl (C=O) groups is 2. The first-order chi connectivity index (χ1) is 7.20. The normalized spacial score (nSPS) is 11.1. The van der Waals surface area contributed by atoms with E-state index in [1.54, 1.807) is 12.2 Å². The molecular formula is C12H18O3. The molecule has 0 rings (SSSR count). The van der Waals surface area contributed by atoms with Gasteiger partial charge in [0.15, 0.2) is 0 Å². The van der Waals surface area contributed by atoms with Crippen LogP contribution in [0.3, 0.4) is 0 Å². The highest BCUT2D eigenvalue weighted by Crippen LogP contribution is 1.95. The molecule has 0 bridgehead atoms. The molecule has 0 spiro atoms. The van der Waals surface area contributed by atoms with Crippen LogP contribution >= 0.6 is 0 Å². The van der Waals surface area contributed by atoms with Crippen molar-refractivity contribution in [2.45, 2.75) is 39.5 Å². The summed E-state index contributed by atoms with van der Waals surface area (Å²) < 4.78 is 4.56. The fraction of sp³-hybridized carbons (Fsp3) is 0.500. The zero-order valence-electron chi connectivity index (χ0n) is 9.36. The number of ether oxygens (including phenoxy) is 1. The summed E-state index contributed by atoms with van der Waals surface area (Å²) in [4.78, 5) is 22.1. The lowest BCUT2D eigenvalue weighted by Crippen LogP contribution is -2.10. The van der Waals surface area contributed by atoms with Crippen LogP contribution in [-0.4, -0.2) is 11.9 Å². The molecule has 0 aromatic heterocycles. The molecule has 0 N–H and O–H groups in total. The van der Waals surface area contributed by atoms with Gasteiger partial charge in [0, 0.05) is 0 Å². The SMILES string of the molecule is CC/C=C/CC(=O)OC(=O)C/C=C/CC. The van der Waals surface area contributed by atoms with Crippen molar-refractivity contribution in [1.82, 2.24) is 0 Å². The topological polar surface area (TPSA) is 43.4 Å². The minimum Gasteiger partial charge on any atom is -0.393 e. The Morgan fingerprint density at radius 3 is 1.60 bits per heavy atom. The van der Waals surface area contributed by atoms with Crippen LogP contribution in [-0.2, 0) is 14.3 Å². The van der Waals surface area contributed by atoms with Crippen molar-refractivity contribution in [3.8, 4) is 0 Å². The summed E-state index contributed by atoms with van der Waals surface area (Å²) in [5.41, 5.74) is 0. The average Bonchev–Trinajstić information content (AvgIpc) is 2.18. The fourth-order valence-electron chi connectivity index (χ4n) is 0.903. The number of allylic oxidation sites excluding steroid dienone is 2. The Bertz CT molecular complexity index is 226. The number of esters is 2. The summed E-state index contributed by atoms with van der Waals surface area (Å²) >= 11 is 0. The molecule has 0 atom stereocenters. The maximum atomic E-state index is 11.0. The molecule has 0 aromatic rings. The molecule has 0 radical (unpaired) electrons. The van der Waals surface area contributed by atoms with Crippen molar-refractivity contribution in [3.63, 3.8) is 0 Å². The van der Waals surface area contributed by atoms with Crippen LogP contribution in [0.5, 0.6) is 0 Å². The molecule has 0 unspecified atom stereocenters. The summed E-state index contributed by atoms with van der Waals surface area (Å²) in [7, 11) is 0. The monoisotopic (exact) mass is 210 g/mol. The van der Waals surface area contributed by atoms with Gasteiger partial charge in [-0.3, -0.25) is 9.59 Å². The first kappa shape index (κ1) is 13.6. The second kappa shape index (κ2) is 9.19. The fourth-order valence-corrected chi connectivity index (χ4v) is 0.903. The van der Waals surface area contributed by atoms with Gasteiger partial charge in [-0.2, -0.15) is 0 Å². The minimum atomic E-state index is -0.491. The maximum Gasteiger partial charge on any atom is 0.317 e. The lowest BCUT2D eigenvalue weighted by Gasteiger charge is -1.97. The molecule has 15 heavy (non-hydrogen) atoms. The first-order valence-corrected chi connectivity index (χ1v) is 5.24. The average molecular weight is 210 g/mol. The number of carbonyl (C=O) groups excluding carboxylic acids is 2. The van der Waals surface area contributed by atoms with Gasteiger partial charge in [-0.25, -0.2) is 0 Å². The largest absolute Gasteiger partial charge is 0.393 e. The summed E-state index contributed by atoms with van der Waals surface area (Å²) in [5, 5.41) is 0. The molecule has 0 aliphatic rings. The third-order valence-electron chi connectivity index (χ3n) is 1.60. The number of hydrogen-bond donors (Lipinski definition) is 0. The van der Waals surface area contributed by atoms with Crippen LogP contribution in [0.25, 0.3) is 0 Å². The molecule has 0 aliphatic heterocycles. The Morgan fingerprint density at radius 1 is 0.867 bits per heavy atom. The highest BCUT2D eigenvalue weighted by molar-refractivity contribution is 5.86. The van der Waals surface area contributed by atoms with E-state index >= 15 is 0 Å². The molecule has 0 saturated carbocycles. The second-order valence-electron chi connectivity index (χ2n) is 3.01. The van der Waals surface area contributed by atoms with Gasteiger partial charge in [0.2, 0.25) is 0 Å². The number of hydrogen-bond acceptors (Lipinski definition) is 3. The minimum absolute atomic E-state index is 0.164. The van der Waals surface area contributed by atoms with Gasteiger partial charge in [-0.05, 0) is 12.8 Å². The van der Waals surface area contributed by atoms with E-state index in [2.05, 4.69) is 4.74 Å². The van der Waals surface area contributed by atoms with Crippen LogP contribution < -0.4 is 0 Å². The number of rotatable bonds is 6. The highest BCUT2D eigenvalue weighted by atomic mass is 16.6. The van der Waals surface area contributed by atoms with Gasteiger partial charge >= 0.3 is 11.9 Å². The summed E-state index contributed by atoms with van der Waals surface area (Å²) in [6, 6.07) is 0. The Hall–Kier alpha value is -1.38. The molecule has 0 aliphatic carbocycles. The van der Waals surface area contributed by atoms with E-state index in [0.29, 0.717) is 0 Å². The van der Waals surface area contributed by atoms with Crippen LogP contribution in [0.4, 0.5) is 0 Å². The first-order valence-electron chi connectivity index (χ1n) is 5.24. The summed E-state index contributed by atoms with van der Waals surface area (Å²) in [6.07, 6.45) is 9.22. The zero-order valence-corrected chi connectivity index (χ0v) is 9.36. The van der Waals surface area contributed by atoms with E-state index in [9.17, 15) is 9.59 Å². The molecule has 0 fully saturated rings. The zero-order chi connectivity index (χ0) is 11.5. The lowest BCUT2D eigenvalue weighted by molar-refractivity contribution is -0.158. The van der Waals surface area contributed by atoms with E-state index in [1.807, 2.05) is 26.0 Å². The van der Waals surface area contributed by atoms with Crippen LogP contribution in [0, 0.1) is 0 Å². The van der Waals surface area contributed by atoms with Crippen LogP contribution in [0.1, 0.15) is 39.5 Å². The summed E-state index contributed by atoms with van der Waals surface area (Å²) in [5.74, 6) is -0.982. The Kier molecular flexibility index (Phi) is 8.34. The van der Waals surface area contributed by atoms with Crippen LogP contribution in [0.15, 0.2) is 24.3 Å². The predicted octanol–water partition coefficient (Wildman–Crippen LogP) is 2.77. The third-order valence-corrected chi connectivity index (χ3v) is 1.60. The van der Waals surface area contributed by atoms with Gasteiger partial charge < -0.3 is 4.74 Å². The molecule has 0 amide bonds. The molecule has 0 heterocycles. The third kappa shape index (κ3) is 8.94. The van der Waals surface area contributed by atoms with Crippen molar-refractivity contribution in [1.29, 1.82) is 0 Å².